The molecular weight excluding hydrogens is 277 g/mol. The number of amides is 2. The van der Waals surface area contributed by atoms with Crippen LogP contribution in [0, 0.1) is 5.92 Å². The van der Waals surface area contributed by atoms with Crippen LogP contribution < -0.4 is 5.32 Å². The third kappa shape index (κ3) is 7.85. The Hall–Kier alpha value is -1.47. The molecular formula is C12H21F3N2O3. The van der Waals surface area contributed by atoms with E-state index in [1.165, 1.54) is 20.8 Å². The first-order valence-corrected chi connectivity index (χ1v) is 6.38. The van der Waals surface area contributed by atoms with Crippen LogP contribution in [0.1, 0.15) is 33.6 Å². The largest absolute Gasteiger partial charge is 0.481 e. The maximum absolute atomic E-state index is 12.3. The van der Waals surface area contributed by atoms with Crippen LogP contribution in [0.5, 0.6) is 0 Å². The zero-order valence-corrected chi connectivity index (χ0v) is 11.8. The summed E-state index contributed by atoms with van der Waals surface area (Å²) in [6.45, 7) is 3.38. The molecule has 0 aromatic carbocycles. The van der Waals surface area contributed by atoms with Crippen LogP contribution in [0.15, 0.2) is 0 Å². The Morgan fingerprint density at radius 1 is 1.25 bits per heavy atom. The number of hydrogen-bond donors (Lipinski definition) is 2. The zero-order valence-electron chi connectivity index (χ0n) is 11.8. The van der Waals surface area contributed by atoms with Crippen molar-refractivity contribution in [1.29, 1.82) is 0 Å². The van der Waals surface area contributed by atoms with Gasteiger partial charge in [0, 0.05) is 12.6 Å². The van der Waals surface area contributed by atoms with E-state index in [1.807, 2.05) is 0 Å². The van der Waals surface area contributed by atoms with Crippen molar-refractivity contribution in [3.05, 3.63) is 0 Å². The summed E-state index contributed by atoms with van der Waals surface area (Å²) in [6.07, 6.45) is -3.69. The lowest BCUT2D eigenvalue weighted by molar-refractivity contribution is -0.143. The van der Waals surface area contributed by atoms with Crippen LogP contribution in [0.4, 0.5) is 18.0 Å². The Labute approximate surface area is 116 Å². The molecule has 1 atom stereocenters. The Bertz CT molecular complexity index is 332. The van der Waals surface area contributed by atoms with Gasteiger partial charge in [0.05, 0.1) is 5.92 Å². The van der Waals surface area contributed by atoms with Crippen molar-refractivity contribution < 1.29 is 27.9 Å². The SMILES string of the molecule is CC(CCCNC(=O)N(CC(F)(F)F)C(C)C)C(=O)O. The second-order valence-electron chi connectivity index (χ2n) is 4.95. The van der Waals surface area contributed by atoms with Crippen LogP contribution in [-0.2, 0) is 4.79 Å². The van der Waals surface area contributed by atoms with Crippen molar-refractivity contribution in [2.45, 2.75) is 45.8 Å². The molecule has 2 N–H and O–H groups in total. The van der Waals surface area contributed by atoms with Gasteiger partial charge in [0.2, 0.25) is 0 Å². The molecule has 0 aliphatic heterocycles. The number of nitrogens with one attached hydrogen (secondary N) is 1. The average molecular weight is 298 g/mol. The predicted octanol–water partition coefficient (Wildman–Crippen LogP) is 2.47. The van der Waals surface area contributed by atoms with Crippen LogP contribution in [0.3, 0.4) is 0 Å². The molecule has 0 aromatic rings. The van der Waals surface area contributed by atoms with Crippen LogP contribution in [0.25, 0.3) is 0 Å². The summed E-state index contributed by atoms with van der Waals surface area (Å²) in [6, 6.07) is -1.37. The monoisotopic (exact) mass is 298 g/mol. The Kier molecular flexibility index (Phi) is 7.38. The Balaban J connectivity index is 4.19. The highest BCUT2D eigenvalue weighted by Crippen LogP contribution is 2.18. The van der Waals surface area contributed by atoms with Crippen molar-refractivity contribution >= 4 is 12.0 Å². The summed E-state index contributed by atoms with van der Waals surface area (Å²) in [5, 5.41) is 11.0. The maximum atomic E-state index is 12.3. The van der Waals surface area contributed by atoms with E-state index >= 15 is 0 Å². The number of halogens is 3. The molecule has 0 rings (SSSR count). The molecule has 0 fully saturated rings. The summed E-state index contributed by atoms with van der Waals surface area (Å²) in [5.74, 6) is -1.47. The number of nitrogens with zero attached hydrogens (tertiary/aromatic N) is 1. The highest BCUT2D eigenvalue weighted by molar-refractivity contribution is 5.74. The van der Waals surface area contributed by atoms with Gasteiger partial charge in [0.25, 0.3) is 0 Å². The number of carbonyl (C=O) groups is 2. The predicted molar refractivity (Wildman–Crippen MR) is 67.3 cm³/mol. The smallest absolute Gasteiger partial charge is 0.406 e. The highest BCUT2D eigenvalue weighted by Gasteiger charge is 2.34. The molecule has 5 nitrogen and oxygen atoms in total. The zero-order chi connectivity index (χ0) is 15.9. The molecule has 118 valence electrons. The van der Waals surface area contributed by atoms with Crippen LogP contribution in [0.2, 0.25) is 0 Å². The van der Waals surface area contributed by atoms with Gasteiger partial charge in [-0.15, -0.1) is 0 Å². The van der Waals surface area contributed by atoms with Gasteiger partial charge < -0.3 is 15.3 Å². The molecule has 0 saturated carbocycles. The van der Waals surface area contributed by atoms with E-state index in [0.29, 0.717) is 17.7 Å². The Morgan fingerprint density at radius 2 is 1.80 bits per heavy atom. The molecule has 20 heavy (non-hydrogen) atoms. The molecule has 0 radical (unpaired) electrons. The molecule has 0 heterocycles. The first kappa shape index (κ1) is 18.5. The molecule has 0 aliphatic rings. The number of carboxylic acid groups (broad SMARTS) is 1. The molecule has 0 saturated heterocycles. The van der Waals surface area contributed by atoms with Gasteiger partial charge in [0.1, 0.15) is 6.54 Å². The lowest BCUT2D eigenvalue weighted by Crippen LogP contribution is -2.48. The van der Waals surface area contributed by atoms with E-state index in [-0.39, 0.29) is 6.54 Å². The minimum Gasteiger partial charge on any atom is -0.481 e. The van der Waals surface area contributed by atoms with Crippen LogP contribution in [-0.4, -0.2) is 47.3 Å². The van der Waals surface area contributed by atoms with Crippen molar-refractivity contribution in [1.82, 2.24) is 10.2 Å². The number of urea groups is 1. The van der Waals surface area contributed by atoms with Crippen molar-refractivity contribution in [3.8, 4) is 0 Å². The topological polar surface area (TPSA) is 69.6 Å². The summed E-state index contributed by atoms with van der Waals surface area (Å²) in [5.41, 5.74) is 0. The second-order valence-corrected chi connectivity index (χ2v) is 4.95. The van der Waals surface area contributed by atoms with E-state index in [2.05, 4.69) is 5.32 Å². The summed E-state index contributed by atoms with van der Waals surface area (Å²) < 4.78 is 37.0. The van der Waals surface area contributed by atoms with Gasteiger partial charge in [0.15, 0.2) is 0 Å². The quantitative estimate of drug-likeness (QED) is 0.709. The van der Waals surface area contributed by atoms with Crippen LogP contribution >= 0.6 is 0 Å². The molecule has 0 bridgehead atoms. The number of rotatable bonds is 7. The molecule has 0 aromatic heterocycles. The number of alkyl halides is 3. The summed E-state index contributed by atoms with van der Waals surface area (Å²) in [4.78, 5) is 22.9. The van der Waals surface area contributed by atoms with Crippen molar-refractivity contribution in [2.24, 2.45) is 5.92 Å². The standard InChI is InChI=1S/C12H21F3N2O3/c1-8(2)17(7-12(13,14)15)11(20)16-6-4-5-9(3)10(18)19/h8-9H,4-7H2,1-3H3,(H,16,20)(H,18,19). The second kappa shape index (κ2) is 7.96. The fourth-order valence-electron chi connectivity index (χ4n) is 1.51. The van der Waals surface area contributed by atoms with Gasteiger partial charge in [-0.25, -0.2) is 4.79 Å². The molecule has 0 spiro atoms. The van der Waals surface area contributed by atoms with E-state index in [9.17, 15) is 22.8 Å². The molecule has 8 heteroatoms. The van der Waals surface area contributed by atoms with Crippen molar-refractivity contribution in [3.63, 3.8) is 0 Å². The maximum Gasteiger partial charge on any atom is 0.406 e. The normalized spacial score (nSPS) is 13.2. The minimum absolute atomic E-state index is 0.150. The summed E-state index contributed by atoms with van der Waals surface area (Å²) in [7, 11) is 0. The fraction of sp³-hybridized carbons (Fsp3) is 0.833. The highest BCUT2D eigenvalue weighted by atomic mass is 19.4. The average Bonchev–Trinajstić information content (AvgIpc) is 2.29. The van der Waals surface area contributed by atoms with E-state index in [1.54, 1.807) is 0 Å². The summed E-state index contributed by atoms with van der Waals surface area (Å²) >= 11 is 0. The first-order valence-electron chi connectivity index (χ1n) is 6.38. The van der Waals surface area contributed by atoms with E-state index < -0.39 is 36.7 Å². The van der Waals surface area contributed by atoms with Gasteiger partial charge in [-0.2, -0.15) is 13.2 Å². The van der Waals surface area contributed by atoms with E-state index in [4.69, 9.17) is 5.11 Å². The first-order chi connectivity index (χ1) is 9.04. The number of aliphatic carboxylic acids is 1. The third-order valence-electron chi connectivity index (χ3n) is 2.75. The minimum atomic E-state index is -4.45. The van der Waals surface area contributed by atoms with Crippen molar-refractivity contribution in [2.75, 3.05) is 13.1 Å². The van der Waals surface area contributed by atoms with Gasteiger partial charge in [-0.3, -0.25) is 4.79 Å². The molecule has 1 unspecified atom stereocenters. The fourth-order valence-corrected chi connectivity index (χ4v) is 1.51. The Morgan fingerprint density at radius 3 is 2.20 bits per heavy atom. The number of carboxylic acids is 1. The third-order valence-corrected chi connectivity index (χ3v) is 2.75. The lowest BCUT2D eigenvalue weighted by atomic mass is 10.1. The lowest BCUT2D eigenvalue weighted by Gasteiger charge is -2.27. The number of hydrogen-bond acceptors (Lipinski definition) is 2. The number of carbonyl (C=O) groups excluding carboxylic acids is 1. The van der Waals surface area contributed by atoms with Gasteiger partial charge in [-0.05, 0) is 26.7 Å². The van der Waals surface area contributed by atoms with Gasteiger partial charge >= 0.3 is 18.2 Å². The van der Waals surface area contributed by atoms with E-state index in [0.717, 1.165) is 0 Å². The van der Waals surface area contributed by atoms with Gasteiger partial charge in [-0.1, -0.05) is 6.92 Å². The molecule has 2 amide bonds. The molecule has 0 aliphatic carbocycles.